The molecular weight excluding hydrogens is 415 g/mol. The van der Waals surface area contributed by atoms with Crippen LogP contribution in [0, 0.1) is 17.5 Å². The third-order valence-corrected chi connectivity index (χ3v) is 5.28. The number of aromatic amines is 1. The van der Waals surface area contributed by atoms with Crippen molar-refractivity contribution in [3.05, 3.63) is 63.2 Å². The molecule has 0 atom stereocenters. The summed E-state index contributed by atoms with van der Waals surface area (Å²) in [5, 5.41) is 14.5. The minimum absolute atomic E-state index is 0.272. The van der Waals surface area contributed by atoms with E-state index in [2.05, 4.69) is 20.6 Å². The third kappa shape index (κ3) is 4.15. The van der Waals surface area contributed by atoms with Crippen LogP contribution < -0.4 is 5.32 Å². The molecule has 0 aliphatic heterocycles. The zero-order valence-corrected chi connectivity index (χ0v) is 17.1. The Morgan fingerprint density at radius 3 is 2.83 bits per heavy atom. The van der Waals surface area contributed by atoms with Crippen LogP contribution in [0.25, 0.3) is 11.8 Å². The number of H-pyrrole nitrogens is 1. The molecule has 1 aliphatic carbocycles. The van der Waals surface area contributed by atoms with Gasteiger partial charge in [-0.1, -0.05) is 11.6 Å². The van der Waals surface area contributed by atoms with Crippen molar-refractivity contribution in [2.45, 2.75) is 32.4 Å². The van der Waals surface area contributed by atoms with Crippen LogP contribution in [0.5, 0.6) is 0 Å². The Kier molecular flexibility index (Phi) is 5.33. The van der Waals surface area contributed by atoms with Gasteiger partial charge in [-0.3, -0.25) is 14.5 Å². The maximum absolute atomic E-state index is 13.1. The minimum Gasteiger partial charge on any atom is -0.345 e. The van der Waals surface area contributed by atoms with Gasteiger partial charge < -0.3 is 5.32 Å². The van der Waals surface area contributed by atoms with E-state index in [9.17, 15) is 9.18 Å². The second kappa shape index (κ2) is 7.92. The molecule has 1 amide bonds. The highest BCUT2D eigenvalue weighted by atomic mass is 35.5. The van der Waals surface area contributed by atoms with Gasteiger partial charge in [0.2, 0.25) is 5.91 Å². The number of rotatable bonds is 6. The van der Waals surface area contributed by atoms with Crippen molar-refractivity contribution in [2.75, 3.05) is 0 Å². The Labute approximate surface area is 176 Å². The SMILES string of the molecule is Cc1nn(-c2ccc(F)cc2)c(Cl)c1/C=C/C(=O)NCc1n[nH]c(=S)n1C1CC1. The van der Waals surface area contributed by atoms with Crippen LogP contribution in [0.1, 0.15) is 36.0 Å². The summed E-state index contributed by atoms with van der Waals surface area (Å²) >= 11 is 11.7. The van der Waals surface area contributed by atoms with Gasteiger partial charge in [0, 0.05) is 17.7 Å². The normalized spacial score (nSPS) is 13.9. The number of hydrogen-bond acceptors (Lipinski definition) is 4. The number of benzene rings is 1. The summed E-state index contributed by atoms with van der Waals surface area (Å²) in [6.07, 6.45) is 5.15. The fraction of sp³-hybridized carbons (Fsp3) is 0.263. The van der Waals surface area contributed by atoms with Gasteiger partial charge in [-0.25, -0.2) is 9.07 Å². The molecule has 1 saturated carbocycles. The van der Waals surface area contributed by atoms with Crippen LogP contribution in [-0.2, 0) is 11.3 Å². The van der Waals surface area contributed by atoms with Crippen LogP contribution in [0.2, 0.25) is 5.15 Å². The van der Waals surface area contributed by atoms with Crippen LogP contribution >= 0.6 is 23.8 Å². The molecule has 3 aromatic rings. The van der Waals surface area contributed by atoms with E-state index < -0.39 is 0 Å². The third-order valence-electron chi connectivity index (χ3n) is 4.63. The Hall–Kier alpha value is -2.78. The minimum atomic E-state index is -0.339. The monoisotopic (exact) mass is 432 g/mol. The van der Waals surface area contributed by atoms with Crippen molar-refractivity contribution >= 4 is 35.8 Å². The summed E-state index contributed by atoms with van der Waals surface area (Å²) in [5.41, 5.74) is 1.90. The summed E-state index contributed by atoms with van der Waals surface area (Å²) < 4.78 is 17.2. The molecule has 0 spiro atoms. The summed E-state index contributed by atoms with van der Waals surface area (Å²) in [6.45, 7) is 2.06. The molecule has 29 heavy (non-hydrogen) atoms. The second-order valence-electron chi connectivity index (χ2n) is 6.78. The predicted octanol–water partition coefficient (Wildman–Crippen LogP) is 3.89. The first-order valence-corrected chi connectivity index (χ1v) is 9.85. The lowest BCUT2D eigenvalue weighted by Crippen LogP contribution is -2.22. The Balaban J connectivity index is 1.45. The quantitative estimate of drug-likeness (QED) is 0.457. The van der Waals surface area contributed by atoms with E-state index in [1.54, 1.807) is 25.1 Å². The molecule has 150 valence electrons. The van der Waals surface area contributed by atoms with E-state index in [0.717, 1.165) is 12.8 Å². The van der Waals surface area contributed by atoms with Crippen molar-refractivity contribution in [3.63, 3.8) is 0 Å². The highest BCUT2D eigenvalue weighted by Crippen LogP contribution is 2.35. The molecule has 1 aromatic carbocycles. The summed E-state index contributed by atoms with van der Waals surface area (Å²) in [4.78, 5) is 12.2. The van der Waals surface area contributed by atoms with E-state index in [-0.39, 0.29) is 18.3 Å². The van der Waals surface area contributed by atoms with Crippen molar-refractivity contribution < 1.29 is 9.18 Å². The van der Waals surface area contributed by atoms with Gasteiger partial charge in [0.15, 0.2) is 10.6 Å². The summed E-state index contributed by atoms with van der Waals surface area (Å²) in [7, 11) is 0. The number of carbonyl (C=O) groups is 1. The van der Waals surface area contributed by atoms with Crippen LogP contribution in [0.15, 0.2) is 30.3 Å². The van der Waals surface area contributed by atoms with Crippen molar-refractivity contribution in [1.82, 2.24) is 29.9 Å². The van der Waals surface area contributed by atoms with Crippen LogP contribution in [-0.4, -0.2) is 30.5 Å². The zero-order valence-electron chi connectivity index (χ0n) is 15.5. The molecule has 2 heterocycles. The maximum atomic E-state index is 13.1. The number of aryl methyl sites for hydroxylation is 1. The summed E-state index contributed by atoms with van der Waals surface area (Å²) in [6, 6.07) is 6.22. The highest BCUT2D eigenvalue weighted by Gasteiger charge is 2.27. The molecule has 0 saturated heterocycles. The maximum Gasteiger partial charge on any atom is 0.244 e. The lowest BCUT2D eigenvalue weighted by atomic mass is 10.2. The van der Waals surface area contributed by atoms with Crippen LogP contribution in [0.4, 0.5) is 4.39 Å². The largest absolute Gasteiger partial charge is 0.345 e. The number of nitrogens with one attached hydrogen (secondary N) is 2. The molecular formula is C19H18ClFN6OS. The van der Waals surface area contributed by atoms with Gasteiger partial charge in [-0.05, 0) is 62.3 Å². The van der Waals surface area contributed by atoms with Crippen molar-refractivity contribution in [1.29, 1.82) is 0 Å². The number of halogens is 2. The van der Waals surface area contributed by atoms with Gasteiger partial charge in [-0.2, -0.15) is 10.2 Å². The van der Waals surface area contributed by atoms with Crippen molar-refractivity contribution in [2.24, 2.45) is 0 Å². The molecule has 4 rings (SSSR count). The fourth-order valence-electron chi connectivity index (χ4n) is 3.01. The molecule has 1 fully saturated rings. The van der Waals surface area contributed by atoms with E-state index in [1.807, 2.05) is 4.57 Å². The number of carbonyl (C=O) groups excluding carboxylic acids is 1. The first kappa shape index (κ1) is 19.5. The zero-order chi connectivity index (χ0) is 20.5. The molecule has 7 nitrogen and oxygen atoms in total. The van der Waals surface area contributed by atoms with E-state index in [1.165, 1.54) is 22.9 Å². The Morgan fingerprint density at radius 2 is 2.14 bits per heavy atom. The first-order chi connectivity index (χ1) is 13.9. The summed E-state index contributed by atoms with van der Waals surface area (Å²) in [5.74, 6) is 0.0810. The Morgan fingerprint density at radius 1 is 1.41 bits per heavy atom. The molecule has 10 heteroatoms. The van der Waals surface area contributed by atoms with E-state index in [4.69, 9.17) is 23.8 Å². The Bertz CT molecular complexity index is 1140. The molecule has 1 aliphatic rings. The standard InChI is InChI=1S/C19H18ClFN6OS/c1-11-15(18(20)27(25-11)14-4-2-12(21)3-5-14)8-9-17(28)22-10-16-23-24-19(29)26(16)13-6-7-13/h2-5,8-9,13H,6-7,10H2,1H3,(H,22,28)(H,24,29)/b9-8+. The predicted molar refractivity (Wildman–Crippen MR) is 110 cm³/mol. The molecule has 0 unspecified atom stereocenters. The van der Waals surface area contributed by atoms with Gasteiger partial charge in [0.05, 0.1) is 17.9 Å². The topological polar surface area (TPSA) is 80.5 Å². The van der Waals surface area contributed by atoms with E-state index >= 15 is 0 Å². The van der Waals surface area contributed by atoms with Gasteiger partial charge in [0.1, 0.15) is 11.0 Å². The van der Waals surface area contributed by atoms with Gasteiger partial charge >= 0.3 is 0 Å². The van der Waals surface area contributed by atoms with E-state index in [0.29, 0.717) is 38.7 Å². The lowest BCUT2D eigenvalue weighted by Gasteiger charge is -2.05. The van der Waals surface area contributed by atoms with Crippen molar-refractivity contribution in [3.8, 4) is 5.69 Å². The number of amides is 1. The second-order valence-corrected chi connectivity index (χ2v) is 7.52. The van der Waals surface area contributed by atoms with Gasteiger partial charge in [-0.15, -0.1) is 0 Å². The average Bonchev–Trinajstić information content (AvgIpc) is 3.41. The molecule has 0 radical (unpaired) electrons. The molecule has 0 bridgehead atoms. The highest BCUT2D eigenvalue weighted by molar-refractivity contribution is 7.71. The molecule has 2 aromatic heterocycles. The van der Waals surface area contributed by atoms with Crippen LogP contribution in [0.3, 0.4) is 0 Å². The smallest absolute Gasteiger partial charge is 0.244 e. The lowest BCUT2D eigenvalue weighted by molar-refractivity contribution is -0.116. The number of hydrogen-bond donors (Lipinski definition) is 2. The fourth-order valence-corrected chi connectivity index (χ4v) is 3.64. The first-order valence-electron chi connectivity index (χ1n) is 9.07. The van der Waals surface area contributed by atoms with Gasteiger partial charge in [0.25, 0.3) is 0 Å². The number of nitrogens with zero attached hydrogens (tertiary/aromatic N) is 4. The average molecular weight is 433 g/mol. The number of aromatic nitrogens is 5. The molecule has 2 N–H and O–H groups in total.